The molecule has 1 aliphatic heterocycles. The summed E-state index contributed by atoms with van der Waals surface area (Å²) in [5.41, 5.74) is 2.24. The average Bonchev–Trinajstić information content (AvgIpc) is 3.21. The molecule has 0 saturated heterocycles. The van der Waals surface area contributed by atoms with Crippen LogP contribution >= 0.6 is 0 Å². The molecule has 2 amide bonds. The summed E-state index contributed by atoms with van der Waals surface area (Å²) in [6.07, 6.45) is 1.58. The minimum Gasteiger partial charge on any atom is -0.330 e. The SMILES string of the molecule is CCCCN1C(=O)c2ccc(C(=O)C(C#N)c3nc4ccccc4n3C)cc2C1=O. The zero-order valence-electron chi connectivity index (χ0n) is 16.8. The highest BCUT2D eigenvalue weighted by Gasteiger charge is 2.36. The van der Waals surface area contributed by atoms with Crippen LogP contribution in [0.5, 0.6) is 0 Å². The van der Waals surface area contributed by atoms with E-state index in [9.17, 15) is 19.6 Å². The van der Waals surface area contributed by atoms with Gasteiger partial charge in [0.15, 0.2) is 11.7 Å². The zero-order valence-corrected chi connectivity index (χ0v) is 16.8. The van der Waals surface area contributed by atoms with Gasteiger partial charge in [0.2, 0.25) is 0 Å². The van der Waals surface area contributed by atoms with Gasteiger partial charge in [-0.3, -0.25) is 19.3 Å². The summed E-state index contributed by atoms with van der Waals surface area (Å²) in [4.78, 5) is 44.0. The van der Waals surface area contributed by atoms with Crippen LogP contribution in [-0.2, 0) is 7.05 Å². The average molecular weight is 400 g/mol. The second-order valence-corrected chi connectivity index (χ2v) is 7.32. The fourth-order valence-electron chi connectivity index (χ4n) is 3.79. The Balaban J connectivity index is 1.70. The Labute approximate surface area is 173 Å². The first kappa shape index (κ1) is 19.5. The lowest BCUT2D eigenvalue weighted by molar-refractivity contribution is 0.0652. The number of para-hydroxylation sites is 2. The van der Waals surface area contributed by atoms with Gasteiger partial charge in [-0.2, -0.15) is 5.26 Å². The molecule has 1 atom stereocenters. The first-order valence-electron chi connectivity index (χ1n) is 9.83. The quantitative estimate of drug-likeness (QED) is 0.466. The molecule has 0 spiro atoms. The Morgan fingerprint density at radius 1 is 1.13 bits per heavy atom. The Hall–Kier alpha value is -3.79. The number of Topliss-reactive ketones (excluding diaryl/α,β-unsaturated/α-hetero) is 1. The van der Waals surface area contributed by atoms with Gasteiger partial charge in [0.25, 0.3) is 11.8 Å². The second kappa shape index (κ2) is 7.56. The van der Waals surface area contributed by atoms with E-state index in [2.05, 4.69) is 4.98 Å². The molecular weight excluding hydrogens is 380 g/mol. The van der Waals surface area contributed by atoms with E-state index < -0.39 is 17.6 Å². The molecule has 150 valence electrons. The number of aromatic nitrogens is 2. The van der Waals surface area contributed by atoms with Crippen LogP contribution < -0.4 is 0 Å². The Morgan fingerprint density at radius 3 is 2.57 bits per heavy atom. The molecule has 1 unspecified atom stereocenters. The third kappa shape index (κ3) is 2.98. The minimum absolute atomic E-state index is 0.212. The van der Waals surface area contributed by atoms with Crippen molar-refractivity contribution >= 4 is 28.6 Å². The van der Waals surface area contributed by atoms with E-state index in [-0.39, 0.29) is 17.0 Å². The third-order valence-electron chi connectivity index (χ3n) is 5.46. The minimum atomic E-state index is -1.12. The second-order valence-electron chi connectivity index (χ2n) is 7.32. The predicted octanol–water partition coefficient (Wildman–Crippen LogP) is 3.46. The molecule has 3 aromatic rings. The molecule has 7 nitrogen and oxygen atoms in total. The Morgan fingerprint density at radius 2 is 1.87 bits per heavy atom. The highest BCUT2D eigenvalue weighted by Crippen LogP contribution is 2.28. The number of nitrogens with zero attached hydrogens (tertiary/aromatic N) is 4. The summed E-state index contributed by atoms with van der Waals surface area (Å²) in [5.74, 6) is -1.96. The third-order valence-corrected chi connectivity index (χ3v) is 5.46. The van der Waals surface area contributed by atoms with Crippen LogP contribution in [0.3, 0.4) is 0 Å². The lowest BCUT2D eigenvalue weighted by Crippen LogP contribution is -2.30. The van der Waals surface area contributed by atoms with Gasteiger partial charge in [0.05, 0.1) is 28.2 Å². The van der Waals surface area contributed by atoms with Gasteiger partial charge < -0.3 is 4.57 Å². The summed E-state index contributed by atoms with van der Waals surface area (Å²) < 4.78 is 1.73. The van der Waals surface area contributed by atoms with Gasteiger partial charge in [-0.25, -0.2) is 4.98 Å². The fourth-order valence-corrected chi connectivity index (χ4v) is 3.79. The fraction of sp³-hybridized carbons (Fsp3) is 0.261. The molecule has 2 aromatic carbocycles. The predicted molar refractivity (Wildman–Crippen MR) is 110 cm³/mol. The van der Waals surface area contributed by atoms with E-state index in [4.69, 9.17) is 0 Å². The normalized spacial score (nSPS) is 14.1. The molecule has 0 saturated carbocycles. The number of carbonyl (C=O) groups is 3. The van der Waals surface area contributed by atoms with Crippen LogP contribution in [0.4, 0.5) is 0 Å². The number of benzene rings is 2. The van der Waals surface area contributed by atoms with E-state index in [1.807, 2.05) is 37.3 Å². The first-order chi connectivity index (χ1) is 14.5. The number of hydrogen-bond donors (Lipinski definition) is 0. The highest BCUT2D eigenvalue weighted by molar-refractivity contribution is 6.22. The number of rotatable bonds is 6. The van der Waals surface area contributed by atoms with Crippen molar-refractivity contribution in [3.8, 4) is 6.07 Å². The van der Waals surface area contributed by atoms with Crippen molar-refractivity contribution in [1.29, 1.82) is 5.26 Å². The lowest BCUT2D eigenvalue weighted by Gasteiger charge is -2.12. The van der Waals surface area contributed by atoms with Crippen molar-refractivity contribution in [2.75, 3.05) is 6.54 Å². The molecule has 7 heteroatoms. The number of carbonyl (C=O) groups excluding carboxylic acids is 3. The summed E-state index contributed by atoms with van der Waals surface area (Å²) in [5, 5.41) is 9.73. The molecule has 30 heavy (non-hydrogen) atoms. The van der Waals surface area contributed by atoms with Crippen molar-refractivity contribution in [3.63, 3.8) is 0 Å². The smallest absolute Gasteiger partial charge is 0.261 e. The van der Waals surface area contributed by atoms with Crippen LogP contribution in [0.25, 0.3) is 11.0 Å². The van der Waals surface area contributed by atoms with E-state index in [0.717, 1.165) is 18.4 Å². The van der Waals surface area contributed by atoms with Crippen molar-refractivity contribution in [1.82, 2.24) is 14.5 Å². The van der Waals surface area contributed by atoms with Gasteiger partial charge in [-0.1, -0.05) is 31.5 Å². The molecular formula is C23H20N4O3. The largest absolute Gasteiger partial charge is 0.330 e. The van der Waals surface area contributed by atoms with Crippen molar-refractivity contribution < 1.29 is 14.4 Å². The maximum atomic E-state index is 13.2. The maximum absolute atomic E-state index is 13.2. The molecule has 0 radical (unpaired) electrons. The first-order valence-corrected chi connectivity index (χ1v) is 9.83. The topological polar surface area (TPSA) is 96.1 Å². The van der Waals surface area contributed by atoms with E-state index >= 15 is 0 Å². The van der Waals surface area contributed by atoms with Crippen LogP contribution in [0.2, 0.25) is 0 Å². The number of hydrogen-bond acceptors (Lipinski definition) is 5. The number of amides is 2. The highest BCUT2D eigenvalue weighted by atomic mass is 16.2. The van der Waals surface area contributed by atoms with E-state index in [1.54, 1.807) is 11.6 Å². The molecule has 1 aliphatic rings. The standard InChI is InChI=1S/C23H20N4O3/c1-3-4-11-27-22(29)15-10-9-14(12-16(15)23(27)30)20(28)17(13-24)21-25-18-7-5-6-8-19(18)26(21)2/h5-10,12,17H,3-4,11H2,1-2H3. The van der Waals surface area contributed by atoms with Gasteiger partial charge >= 0.3 is 0 Å². The van der Waals surface area contributed by atoms with Gasteiger partial charge in [0, 0.05) is 19.2 Å². The van der Waals surface area contributed by atoms with Gasteiger partial charge in [0.1, 0.15) is 5.82 Å². The van der Waals surface area contributed by atoms with Crippen molar-refractivity contribution in [2.45, 2.75) is 25.7 Å². The molecule has 0 bridgehead atoms. The number of imide groups is 1. The van der Waals surface area contributed by atoms with Gasteiger partial charge in [-0.05, 0) is 30.7 Å². The van der Waals surface area contributed by atoms with Gasteiger partial charge in [-0.15, -0.1) is 0 Å². The number of imidazole rings is 1. The molecule has 0 N–H and O–H groups in total. The summed E-state index contributed by atoms with van der Waals surface area (Å²) >= 11 is 0. The van der Waals surface area contributed by atoms with Crippen LogP contribution in [0, 0.1) is 11.3 Å². The molecule has 0 fully saturated rings. The maximum Gasteiger partial charge on any atom is 0.261 e. The number of fused-ring (bicyclic) bond motifs is 2. The van der Waals surface area contributed by atoms with Crippen LogP contribution in [0.1, 0.15) is 62.6 Å². The number of unbranched alkanes of at least 4 members (excludes halogenated alkanes) is 1. The number of aryl methyl sites for hydroxylation is 1. The molecule has 2 heterocycles. The Kier molecular flexibility index (Phi) is 4.92. The molecule has 1 aromatic heterocycles. The van der Waals surface area contributed by atoms with Crippen LogP contribution in [-0.4, -0.2) is 38.6 Å². The van der Waals surface area contributed by atoms with Crippen molar-refractivity contribution in [3.05, 3.63) is 65.0 Å². The zero-order chi connectivity index (χ0) is 21.4. The van der Waals surface area contributed by atoms with Crippen LogP contribution in [0.15, 0.2) is 42.5 Å². The molecule has 0 aliphatic carbocycles. The van der Waals surface area contributed by atoms with E-state index in [1.165, 1.54) is 23.1 Å². The number of ketones is 1. The Bertz CT molecular complexity index is 1230. The lowest BCUT2D eigenvalue weighted by atomic mass is 9.95. The summed E-state index contributed by atoms with van der Waals surface area (Å²) in [6.45, 7) is 2.34. The van der Waals surface area contributed by atoms with E-state index in [0.29, 0.717) is 23.4 Å². The molecule has 4 rings (SSSR count). The monoisotopic (exact) mass is 400 g/mol. The summed E-state index contributed by atoms with van der Waals surface area (Å²) in [6, 6.07) is 13.9. The summed E-state index contributed by atoms with van der Waals surface area (Å²) in [7, 11) is 1.76. The number of nitriles is 1. The van der Waals surface area contributed by atoms with Crippen molar-refractivity contribution in [2.24, 2.45) is 7.05 Å².